The lowest BCUT2D eigenvalue weighted by atomic mass is 9.79. The molecule has 23 heavy (non-hydrogen) atoms. The summed E-state index contributed by atoms with van der Waals surface area (Å²) in [6.45, 7) is 0. The van der Waals surface area contributed by atoms with Crippen molar-refractivity contribution in [2.75, 3.05) is 0 Å². The van der Waals surface area contributed by atoms with E-state index in [9.17, 15) is 28.2 Å². The molecule has 3 fully saturated rings. The van der Waals surface area contributed by atoms with Crippen LogP contribution in [-0.4, -0.2) is 47.0 Å². The van der Waals surface area contributed by atoms with Crippen LogP contribution in [0.3, 0.4) is 0 Å². The first-order valence-electron chi connectivity index (χ1n) is 7.40. The summed E-state index contributed by atoms with van der Waals surface area (Å²) in [4.78, 5) is 23.1. The average molecular weight is 337 g/mol. The Balaban J connectivity index is 1.69. The number of hydrogen-bond donors (Lipinski definition) is 2. The number of carbonyl (C=O) groups is 2. The largest absolute Gasteiger partial charge is 0.481 e. The zero-order valence-electron chi connectivity index (χ0n) is 11.9. The molecule has 4 rings (SSSR count). The van der Waals surface area contributed by atoms with Crippen molar-refractivity contribution >= 4 is 22.0 Å². The van der Waals surface area contributed by atoms with Crippen LogP contribution in [0.15, 0.2) is 35.2 Å². The Morgan fingerprint density at radius 3 is 1.87 bits per heavy atom. The highest BCUT2D eigenvalue weighted by atomic mass is 32.2. The maximum absolute atomic E-state index is 12.7. The number of sulfonamides is 1. The van der Waals surface area contributed by atoms with Gasteiger partial charge in [-0.15, -0.1) is 0 Å². The third-order valence-electron chi connectivity index (χ3n) is 5.47. The van der Waals surface area contributed by atoms with Gasteiger partial charge in [-0.05, 0) is 30.4 Å². The molecule has 1 aromatic rings. The number of hydrogen-bond acceptors (Lipinski definition) is 4. The van der Waals surface area contributed by atoms with E-state index in [4.69, 9.17) is 0 Å². The van der Waals surface area contributed by atoms with Gasteiger partial charge in [0, 0.05) is 12.1 Å². The van der Waals surface area contributed by atoms with E-state index in [0.717, 1.165) is 0 Å². The van der Waals surface area contributed by atoms with Gasteiger partial charge in [-0.25, -0.2) is 8.42 Å². The van der Waals surface area contributed by atoms with Crippen LogP contribution in [0, 0.1) is 23.7 Å². The number of rotatable bonds is 4. The summed E-state index contributed by atoms with van der Waals surface area (Å²) in [6, 6.07) is 7.21. The van der Waals surface area contributed by atoms with Crippen molar-refractivity contribution in [3.63, 3.8) is 0 Å². The highest BCUT2D eigenvalue weighted by Gasteiger charge is 2.76. The Labute approximate surface area is 132 Å². The summed E-state index contributed by atoms with van der Waals surface area (Å²) < 4.78 is 26.7. The van der Waals surface area contributed by atoms with Crippen molar-refractivity contribution in [1.82, 2.24) is 4.31 Å². The lowest BCUT2D eigenvalue weighted by molar-refractivity contribution is -0.155. The van der Waals surface area contributed by atoms with Gasteiger partial charge in [-0.3, -0.25) is 9.59 Å². The van der Waals surface area contributed by atoms with Gasteiger partial charge in [0.05, 0.1) is 16.7 Å². The number of carboxylic acids is 2. The fraction of sp³-hybridized carbons (Fsp3) is 0.467. The Bertz CT molecular complexity index is 759. The van der Waals surface area contributed by atoms with Crippen LogP contribution in [-0.2, 0) is 19.6 Å². The van der Waals surface area contributed by atoms with Crippen LogP contribution >= 0.6 is 0 Å². The minimum atomic E-state index is -3.70. The maximum atomic E-state index is 12.7. The molecular weight excluding hydrogens is 322 g/mol. The summed E-state index contributed by atoms with van der Waals surface area (Å²) in [6.07, 6.45) is 0.476. The molecule has 1 aromatic carbocycles. The van der Waals surface area contributed by atoms with Crippen molar-refractivity contribution < 1.29 is 28.2 Å². The van der Waals surface area contributed by atoms with Crippen molar-refractivity contribution in [1.29, 1.82) is 0 Å². The van der Waals surface area contributed by atoms with Gasteiger partial charge in [0.2, 0.25) is 10.0 Å². The summed E-state index contributed by atoms with van der Waals surface area (Å²) in [5.74, 6) is -5.13. The number of piperidine rings is 1. The maximum Gasteiger partial charge on any atom is 0.307 e. The van der Waals surface area contributed by atoms with Gasteiger partial charge in [0.1, 0.15) is 0 Å². The van der Waals surface area contributed by atoms with E-state index in [1.807, 2.05) is 0 Å². The topological polar surface area (TPSA) is 112 Å². The van der Waals surface area contributed by atoms with Gasteiger partial charge in [-0.1, -0.05) is 18.2 Å². The first-order chi connectivity index (χ1) is 10.9. The van der Waals surface area contributed by atoms with Crippen molar-refractivity contribution in [2.24, 2.45) is 23.7 Å². The van der Waals surface area contributed by atoms with Crippen molar-refractivity contribution in [3.05, 3.63) is 30.3 Å². The number of carboxylic acid groups (broad SMARTS) is 2. The van der Waals surface area contributed by atoms with E-state index < -0.39 is 45.6 Å². The summed E-state index contributed by atoms with van der Waals surface area (Å²) in [5, 5.41) is 18.7. The Hall–Kier alpha value is -1.93. The van der Waals surface area contributed by atoms with Crippen LogP contribution in [0.5, 0.6) is 0 Å². The van der Waals surface area contributed by atoms with Crippen molar-refractivity contribution in [3.8, 4) is 0 Å². The molecule has 1 saturated heterocycles. The molecule has 2 bridgehead atoms. The number of fused-ring (bicyclic) bond motifs is 5. The second-order valence-electron chi connectivity index (χ2n) is 6.42. The van der Waals surface area contributed by atoms with E-state index in [1.54, 1.807) is 18.2 Å². The molecule has 0 amide bonds. The molecule has 1 aliphatic heterocycles. The molecule has 0 aromatic heterocycles. The second-order valence-corrected chi connectivity index (χ2v) is 8.26. The molecule has 122 valence electrons. The van der Waals surface area contributed by atoms with Crippen LogP contribution < -0.4 is 0 Å². The minimum absolute atomic E-state index is 0.160. The second kappa shape index (κ2) is 4.55. The Morgan fingerprint density at radius 1 is 0.957 bits per heavy atom. The molecule has 7 atom stereocenters. The predicted molar refractivity (Wildman–Crippen MR) is 76.9 cm³/mol. The number of nitrogens with zero attached hydrogens (tertiary/aromatic N) is 1. The smallest absolute Gasteiger partial charge is 0.307 e. The van der Waals surface area contributed by atoms with E-state index in [2.05, 4.69) is 0 Å². The third-order valence-corrected chi connectivity index (χ3v) is 7.38. The van der Waals surface area contributed by atoms with Gasteiger partial charge in [0.15, 0.2) is 0 Å². The predicted octanol–water partition coefficient (Wildman–Crippen LogP) is 0.479. The molecule has 1 heterocycles. The highest BCUT2D eigenvalue weighted by Crippen LogP contribution is 2.64. The molecule has 7 nitrogen and oxygen atoms in total. The SMILES string of the molecule is O=C(O)[C@@H]1[C@H]2C[C@H]([C@@H]1C(=O)O)[C@@H]1[C@H]2N1S(=O)(=O)c1ccccc1. The van der Waals surface area contributed by atoms with Crippen LogP contribution in [0.25, 0.3) is 0 Å². The molecule has 1 unspecified atom stereocenters. The Kier molecular flexibility index (Phi) is 2.90. The third kappa shape index (κ3) is 1.82. The summed E-state index contributed by atoms with van der Waals surface area (Å²) in [5.41, 5.74) is 0. The van der Waals surface area contributed by atoms with Crippen LogP contribution in [0.4, 0.5) is 0 Å². The minimum Gasteiger partial charge on any atom is -0.481 e. The molecule has 0 radical (unpaired) electrons. The standard InChI is InChI=1S/C15H15NO6S/c17-14(18)10-8-6-9(11(10)15(19)20)13-12(8)16(13)23(21,22)7-4-2-1-3-5-7/h1-5,8-13H,6H2,(H,17,18)(H,19,20)/t8-,9-,10-,11+,12+,13-,16?/m1/s1. The van der Waals surface area contributed by atoms with Crippen molar-refractivity contribution in [2.45, 2.75) is 23.4 Å². The molecule has 2 saturated carbocycles. The van der Waals surface area contributed by atoms with E-state index in [-0.39, 0.29) is 17.0 Å². The summed E-state index contributed by atoms with van der Waals surface area (Å²) >= 11 is 0. The zero-order chi connectivity index (χ0) is 16.5. The average Bonchev–Trinajstić information content (AvgIpc) is 3.02. The van der Waals surface area contributed by atoms with E-state index in [0.29, 0.717) is 6.42 Å². The normalized spacial score (nSPS) is 40.6. The molecule has 0 spiro atoms. The fourth-order valence-corrected chi connectivity index (χ4v) is 6.58. The Morgan fingerprint density at radius 2 is 1.43 bits per heavy atom. The molecule has 8 heteroatoms. The van der Waals surface area contributed by atoms with E-state index >= 15 is 0 Å². The first-order valence-corrected chi connectivity index (χ1v) is 8.84. The van der Waals surface area contributed by atoms with Crippen LogP contribution in [0.2, 0.25) is 0 Å². The monoisotopic (exact) mass is 337 g/mol. The number of benzene rings is 1. The molecule has 3 aliphatic rings. The quantitative estimate of drug-likeness (QED) is 0.773. The molecule has 2 aliphatic carbocycles. The van der Waals surface area contributed by atoms with Gasteiger partial charge < -0.3 is 10.2 Å². The summed E-state index contributed by atoms with van der Waals surface area (Å²) in [7, 11) is -3.70. The molecular formula is C15H15NO6S. The number of aliphatic carboxylic acids is 2. The fourth-order valence-electron chi connectivity index (χ4n) is 4.68. The van der Waals surface area contributed by atoms with E-state index in [1.165, 1.54) is 16.4 Å². The lowest BCUT2D eigenvalue weighted by Gasteiger charge is -2.22. The lowest BCUT2D eigenvalue weighted by Crippen LogP contribution is -2.37. The van der Waals surface area contributed by atoms with Gasteiger partial charge >= 0.3 is 11.9 Å². The first kappa shape index (κ1) is 14.6. The van der Waals surface area contributed by atoms with Gasteiger partial charge in [0.25, 0.3) is 0 Å². The van der Waals surface area contributed by atoms with Gasteiger partial charge in [-0.2, -0.15) is 4.31 Å². The highest BCUT2D eigenvalue weighted by molar-refractivity contribution is 7.89. The van der Waals surface area contributed by atoms with Crippen LogP contribution in [0.1, 0.15) is 6.42 Å². The molecule has 2 N–H and O–H groups in total. The zero-order valence-corrected chi connectivity index (χ0v) is 12.8.